The standard InChI is InChI=1S/C16H24N6O/c1-10(23-3)12-4-7-18-15-13(12)14(17)20-16(21-15)19-11-5-8-22(2)9-6-11/h4,7,10-11H,5-6,8-9H2,1-3H3,(H3,17,18,19,20,21). The maximum atomic E-state index is 6.18. The van der Waals surface area contributed by atoms with Crippen LogP contribution < -0.4 is 11.1 Å². The van der Waals surface area contributed by atoms with Crippen molar-refractivity contribution in [2.75, 3.05) is 38.3 Å². The number of nitrogens with two attached hydrogens (primary N) is 1. The van der Waals surface area contributed by atoms with Gasteiger partial charge in [0, 0.05) is 19.3 Å². The third-order valence-electron chi connectivity index (χ3n) is 4.50. The van der Waals surface area contributed by atoms with Gasteiger partial charge in [-0.2, -0.15) is 9.97 Å². The third kappa shape index (κ3) is 3.35. The number of anilines is 2. The lowest BCUT2D eigenvalue weighted by Gasteiger charge is -2.29. The van der Waals surface area contributed by atoms with Crippen LogP contribution in [0.3, 0.4) is 0 Å². The molecule has 0 radical (unpaired) electrons. The summed E-state index contributed by atoms with van der Waals surface area (Å²) in [6, 6.07) is 2.28. The Morgan fingerprint density at radius 1 is 1.35 bits per heavy atom. The highest BCUT2D eigenvalue weighted by Crippen LogP contribution is 2.28. The first-order valence-electron chi connectivity index (χ1n) is 7.98. The first kappa shape index (κ1) is 15.9. The number of fused-ring (bicyclic) bond motifs is 1. The van der Waals surface area contributed by atoms with Gasteiger partial charge in [0.15, 0.2) is 5.65 Å². The molecule has 0 aliphatic carbocycles. The minimum absolute atomic E-state index is 0.0842. The molecule has 0 saturated carbocycles. The number of ether oxygens (including phenoxy) is 1. The van der Waals surface area contributed by atoms with E-state index < -0.39 is 0 Å². The highest BCUT2D eigenvalue weighted by atomic mass is 16.5. The predicted octanol–water partition coefficient (Wildman–Crippen LogP) is 1.82. The van der Waals surface area contributed by atoms with Crippen molar-refractivity contribution >= 4 is 22.8 Å². The lowest BCUT2D eigenvalue weighted by molar-refractivity contribution is 0.120. The molecule has 3 rings (SSSR count). The van der Waals surface area contributed by atoms with E-state index in [4.69, 9.17) is 10.5 Å². The van der Waals surface area contributed by atoms with E-state index in [1.54, 1.807) is 13.3 Å². The van der Waals surface area contributed by atoms with E-state index in [0.29, 0.717) is 23.5 Å². The smallest absolute Gasteiger partial charge is 0.226 e. The van der Waals surface area contributed by atoms with Gasteiger partial charge in [-0.05, 0) is 51.5 Å². The van der Waals surface area contributed by atoms with Gasteiger partial charge in [0.25, 0.3) is 0 Å². The molecule has 23 heavy (non-hydrogen) atoms. The van der Waals surface area contributed by atoms with Crippen molar-refractivity contribution in [1.29, 1.82) is 0 Å². The molecule has 0 amide bonds. The number of aromatic nitrogens is 3. The van der Waals surface area contributed by atoms with Gasteiger partial charge in [0.05, 0.1) is 11.5 Å². The average molecular weight is 316 g/mol. The van der Waals surface area contributed by atoms with E-state index in [0.717, 1.165) is 36.9 Å². The Hall–Kier alpha value is -1.99. The monoisotopic (exact) mass is 316 g/mol. The fourth-order valence-electron chi connectivity index (χ4n) is 2.97. The van der Waals surface area contributed by atoms with Gasteiger partial charge in [-0.3, -0.25) is 0 Å². The quantitative estimate of drug-likeness (QED) is 0.889. The fourth-order valence-corrected chi connectivity index (χ4v) is 2.97. The molecule has 1 aliphatic heterocycles. The number of piperidine rings is 1. The Labute approximate surface area is 136 Å². The highest BCUT2D eigenvalue weighted by Gasteiger charge is 2.19. The molecule has 1 fully saturated rings. The van der Waals surface area contributed by atoms with Crippen LogP contribution in [0.5, 0.6) is 0 Å². The summed E-state index contributed by atoms with van der Waals surface area (Å²) in [6.45, 7) is 4.13. The van der Waals surface area contributed by atoms with Crippen molar-refractivity contribution in [3.63, 3.8) is 0 Å². The average Bonchev–Trinajstić information content (AvgIpc) is 2.55. The molecule has 7 nitrogen and oxygen atoms in total. The molecule has 3 N–H and O–H groups in total. The lowest BCUT2D eigenvalue weighted by atomic mass is 10.1. The molecule has 2 aromatic rings. The summed E-state index contributed by atoms with van der Waals surface area (Å²) >= 11 is 0. The van der Waals surface area contributed by atoms with Crippen LogP contribution in [0.4, 0.5) is 11.8 Å². The fraction of sp³-hybridized carbons (Fsp3) is 0.562. The van der Waals surface area contributed by atoms with Crippen LogP contribution in [0, 0.1) is 0 Å². The summed E-state index contributed by atoms with van der Waals surface area (Å²) in [7, 11) is 3.81. The van der Waals surface area contributed by atoms with Crippen LogP contribution in [0.15, 0.2) is 12.3 Å². The molecule has 7 heteroatoms. The van der Waals surface area contributed by atoms with E-state index in [1.807, 2.05) is 13.0 Å². The number of nitrogens with one attached hydrogen (secondary N) is 1. The maximum Gasteiger partial charge on any atom is 0.226 e. The molecule has 3 heterocycles. The Bertz CT molecular complexity index is 684. The van der Waals surface area contributed by atoms with Crippen LogP contribution in [0.2, 0.25) is 0 Å². The van der Waals surface area contributed by atoms with Gasteiger partial charge in [0.1, 0.15) is 5.82 Å². The van der Waals surface area contributed by atoms with Crippen molar-refractivity contribution in [1.82, 2.24) is 19.9 Å². The summed E-state index contributed by atoms with van der Waals surface area (Å²) in [5.74, 6) is 0.997. The molecule has 1 aliphatic rings. The number of likely N-dealkylation sites (tertiary alicyclic amines) is 1. The van der Waals surface area contributed by atoms with Gasteiger partial charge in [0.2, 0.25) is 5.95 Å². The van der Waals surface area contributed by atoms with Crippen molar-refractivity contribution in [3.8, 4) is 0 Å². The number of nitrogens with zero attached hydrogens (tertiary/aromatic N) is 4. The van der Waals surface area contributed by atoms with E-state index in [-0.39, 0.29) is 6.10 Å². The van der Waals surface area contributed by atoms with Crippen molar-refractivity contribution in [3.05, 3.63) is 17.8 Å². The minimum atomic E-state index is -0.0842. The van der Waals surface area contributed by atoms with Crippen LogP contribution in [-0.2, 0) is 4.74 Å². The van der Waals surface area contributed by atoms with Gasteiger partial charge in [-0.1, -0.05) is 0 Å². The molecule has 0 spiro atoms. The van der Waals surface area contributed by atoms with E-state index in [2.05, 4.69) is 32.2 Å². The van der Waals surface area contributed by atoms with Gasteiger partial charge >= 0.3 is 0 Å². The summed E-state index contributed by atoms with van der Waals surface area (Å²) in [5, 5.41) is 4.17. The highest BCUT2D eigenvalue weighted by molar-refractivity contribution is 5.89. The first-order valence-corrected chi connectivity index (χ1v) is 7.98. The van der Waals surface area contributed by atoms with Gasteiger partial charge in [-0.15, -0.1) is 0 Å². The van der Waals surface area contributed by atoms with Crippen molar-refractivity contribution in [2.24, 2.45) is 0 Å². The topological polar surface area (TPSA) is 89.2 Å². The molecule has 1 atom stereocenters. The number of nitrogen functional groups attached to an aromatic ring is 1. The van der Waals surface area contributed by atoms with Gasteiger partial charge < -0.3 is 20.7 Å². The van der Waals surface area contributed by atoms with Crippen LogP contribution in [0.25, 0.3) is 11.0 Å². The first-order chi connectivity index (χ1) is 11.1. The summed E-state index contributed by atoms with van der Waals surface area (Å²) in [4.78, 5) is 15.7. The molecule has 1 saturated heterocycles. The maximum absolute atomic E-state index is 6.18. The zero-order valence-corrected chi connectivity index (χ0v) is 13.9. The number of rotatable bonds is 4. The molecule has 124 valence electrons. The molecule has 0 bridgehead atoms. The number of pyridine rings is 1. The lowest BCUT2D eigenvalue weighted by Crippen LogP contribution is -2.37. The third-order valence-corrected chi connectivity index (χ3v) is 4.50. The molecule has 1 unspecified atom stereocenters. The predicted molar refractivity (Wildman–Crippen MR) is 91.3 cm³/mol. The minimum Gasteiger partial charge on any atom is -0.383 e. The number of hydrogen-bond donors (Lipinski definition) is 2. The van der Waals surface area contributed by atoms with Crippen molar-refractivity contribution < 1.29 is 4.74 Å². The Balaban J connectivity index is 1.89. The van der Waals surface area contributed by atoms with E-state index >= 15 is 0 Å². The Kier molecular flexibility index (Phi) is 4.58. The van der Waals surface area contributed by atoms with Crippen LogP contribution >= 0.6 is 0 Å². The molecule has 2 aromatic heterocycles. The number of hydrogen-bond acceptors (Lipinski definition) is 7. The summed E-state index contributed by atoms with van der Waals surface area (Å²) in [5.41, 5.74) is 7.75. The van der Waals surface area contributed by atoms with E-state index in [9.17, 15) is 0 Å². The largest absolute Gasteiger partial charge is 0.383 e. The zero-order valence-electron chi connectivity index (χ0n) is 13.9. The Morgan fingerprint density at radius 2 is 2.09 bits per heavy atom. The summed E-state index contributed by atoms with van der Waals surface area (Å²) < 4.78 is 5.40. The summed E-state index contributed by atoms with van der Waals surface area (Å²) in [6.07, 6.45) is 3.80. The molecule has 0 aromatic carbocycles. The van der Waals surface area contributed by atoms with Crippen LogP contribution in [0.1, 0.15) is 31.4 Å². The molecular weight excluding hydrogens is 292 g/mol. The van der Waals surface area contributed by atoms with E-state index in [1.165, 1.54) is 0 Å². The second-order valence-electron chi connectivity index (χ2n) is 6.13. The van der Waals surface area contributed by atoms with Crippen molar-refractivity contribution in [2.45, 2.75) is 31.9 Å². The van der Waals surface area contributed by atoms with Gasteiger partial charge in [-0.25, -0.2) is 4.98 Å². The second kappa shape index (κ2) is 6.64. The normalized spacial score (nSPS) is 18.2. The molecular formula is C16H24N6O. The zero-order chi connectivity index (χ0) is 16.4. The number of methoxy groups -OCH3 is 1. The van der Waals surface area contributed by atoms with Crippen LogP contribution in [-0.4, -0.2) is 53.1 Å². The SMILES string of the molecule is COC(C)c1ccnc2nc(NC3CCN(C)CC3)nc(N)c12. The second-order valence-corrected chi connectivity index (χ2v) is 6.13. The Morgan fingerprint density at radius 3 is 2.78 bits per heavy atom.